The van der Waals surface area contributed by atoms with E-state index < -0.39 is 6.10 Å². The molecule has 4 N–H and O–H groups in total. The van der Waals surface area contributed by atoms with Gasteiger partial charge in [0, 0.05) is 43.7 Å². The van der Waals surface area contributed by atoms with E-state index in [1.165, 1.54) is 5.57 Å². The number of rotatable bonds is 11. The highest BCUT2D eigenvalue weighted by Gasteiger charge is 2.24. The van der Waals surface area contributed by atoms with E-state index in [4.69, 9.17) is 5.73 Å². The number of nitrogens with two attached hydrogens (primary N) is 1. The van der Waals surface area contributed by atoms with Crippen molar-refractivity contribution in [2.75, 3.05) is 20.7 Å². The van der Waals surface area contributed by atoms with Gasteiger partial charge in [-0.15, -0.1) is 0 Å². The van der Waals surface area contributed by atoms with Gasteiger partial charge in [-0.3, -0.25) is 4.99 Å². The molecule has 0 saturated heterocycles. The summed E-state index contributed by atoms with van der Waals surface area (Å²) in [6.45, 7) is 13.8. The Balaban J connectivity index is 0.00000466. The van der Waals surface area contributed by atoms with Crippen molar-refractivity contribution < 1.29 is 10.2 Å². The molecule has 1 rings (SSSR count). The van der Waals surface area contributed by atoms with Gasteiger partial charge >= 0.3 is 0 Å². The number of aliphatic hydroxyl groups is 2. The van der Waals surface area contributed by atoms with Crippen LogP contribution in [0.2, 0.25) is 0 Å². The first-order valence-electron chi connectivity index (χ1n) is 11.6. The predicted molar refractivity (Wildman–Crippen MR) is 140 cm³/mol. The highest BCUT2D eigenvalue weighted by atomic mass is 16.3. The van der Waals surface area contributed by atoms with Crippen LogP contribution in [0.15, 0.2) is 76.5 Å². The van der Waals surface area contributed by atoms with Gasteiger partial charge in [0.05, 0.1) is 12.7 Å². The number of allylic oxidation sites excluding steroid dienone is 11. The molecule has 0 aromatic rings. The summed E-state index contributed by atoms with van der Waals surface area (Å²) in [5.41, 5.74) is 10.6. The summed E-state index contributed by atoms with van der Waals surface area (Å²) in [6, 6.07) is -0.268. The van der Waals surface area contributed by atoms with Crippen molar-refractivity contribution in [1.82, 2.24) is 4.90 Å². The molecule has 0 aromatic carbocycles. The van der Waals surface area contributed by atoms with Gasteiger partial charge in [0.1, 0.15) is 0 Å². The Hall–Kier alpha value is -2.21. The van der Waals surface area contributed by atoms with E-state index in [1.54, 1.807) is 13.1 Å². The second-order valence-corrected chi connectivity index (χ2v) is 7.75. The molecule has 5 nitrogen and oxygen atoms in total. The molecule has 0 heterocycles. The smallest absolute Gasteiger partial charge is 0.0791 e. The second kappa shape index (κ2) is 16.4. The van der Waals surface area contributed by atoms with Gasteiger partial charge in [0.2, 0.25) is 0 Å². The number of likely N-dealkylation sites (N-methyl/N-ethyl adjacent to an activating group) is 1. The fraction of sp³-hybridized carbons (Fsp3) is 0.519. The standard InChI is InChI=1S/C25H39N3O2.C2H6/c1-7-11-20(24(16-27-5)23-13-10-9-12-18(23)3)14-21(8-2)28(6)25(19(4)26)15-22(30)17-29;1-2/h7,9-14,16,18-19,22,25,29-30H,1,8,15,17,26H2,2-6H3;1-2H3/b20-11+,21-14+,24-23+,27-16?;. The third kappa shape index (κ3) is 9.11. The highest BCUT2D eigenvalue weighted by Crippen LogP contribution is 2.28. The molecule has 0 aromatic heterocycles. The largest absolute Gasteiger partial charge is 0.394 e. The van der Waals surface area contributed by atoms with E-state index in [1.807, 2.05) is 46.2 Å². The Morgan fingerprint density at radius 3 is 2.47 bits per heavy atom. The van der Waals surface area contributed by atoms with E-state index in [2.05, 4.69) is 54.6 Å². The van der Waals surface area contributed by atoms with Crippen molar-refractivity contribution in [2.45, 2.75) is 65.6 Å². The summed E-state index contributed by atoms with van der Waals surface area (Å²) in [5.74, 6) is 0.281. The molecule has 0 bridgehead atoms. The zero-order chi connectivity index (χ0) is 24.7. The average molecular weight is 444 g/mol. The first-order valence-corrected chi connectivity index (χ1v) is 11.6. The van der Waals surface area contributed by atoms with Crippen molar-refractivity contribution in [3.8, 4) is 0 Å². The maximum atomic E-state index is 9.99. The minimum absolute atomic E-state index is 0.101. The van der Waals surface area contributed by atoms with Crippen LogP contribution in [0, 0.1) is 5.92 Å². The fourth-order valence-corrected chi connectivity index (χ4v) is 3.69. The van der Waals surface area contributed by atoms with Crippen LogP contribution in [-0.4, -0.2) is 60.2 Å². The van der Waals surface area contributed by atoms with Gasteiger partial charge in [-0.2, -0.15) is 0 Å². The molecule has 0 fully saturated rings. The molecule has 0 amide bonds. The zero-order valence-electron chi connectivity index (χ0n) is 21.1. The first kappa shape index (κ1) is 29.8. The number of aliphatic hydroxyl groups excluding tert-OH is 2. The van der Waals surface area contributed by atoms with E-state index >= 15 is 0 Å². The third-order valence-electron chi connectivity index (χ3n) is 5.42. The van der Waals surface area contributed by atoms with Gasteiger partial charge in [-0.05, 0) is 42.9 Å². The summed E-state index contributed by atoms with van der Waals surface area (Å²) >= 11 is 0. The predicted octanol–water partition coefficient (Wildman–Crippen LogP) is 4.57. The molecule has 1 aliphatic carbocycles. The molecule has 1 aliphatic rings. The Kier molecular flexibility index (Phi) is 15.3. The number of nitrogens with zero attached hydrogens (tertiary/aromatic N) is 2. The quantitative estimate of drug-likeness (QED) is 0.323. The topological polar surface area (TPSA) is 82.1 Å². The Bertz CT molecular complexity index is 742. The van der Waals surface area contributed by atoms with Gasteiger partial charge < -0.3 is 20.8 Å². The van der Waals surface area contributed by atoms with Crippen molar-refractivity contribution >= 4 is 6.21 Å². The van der Waals surface area contributed by atoms with Crippen LogP contribution in [0.3, 0.4) is 0 Å². The molecular formula is C27H45N3O2. The van der Waals surface area contributed by atoms with E-state index in [0.29, 0.717) is 6.42 Å². The summed E-state index contributed by atoms with van der Waals surface area (Å²) in [7, 11) is 3.77. The lowest BCUT2D eigenvalue weighted by Crippen LogP contribution is -2.46. The molecule has 4 unspecified atom stereocenters. The minimum Gasteiger partial charge on any atom is -0.394 e. The minimum atomic E-state index is -0.797. The van der Waals surface area contributed by atoms with Crippen LogP contribution in [0.1, 0.15) is 47.5 Å². The maximum absolute atomic E-state index is 9.99. The van der Waals surface area contributed by atoms with Gasteiger partial charge in [0.25, 0.3) is 0 Å². The highest BCUT2D eigenvalue weighted by molar-refractivity contribution is 5.88. The van der Waals surface area contributed by atoms with Crippen LogP contribution in [0.4, 0.5) is 0 Å². The van der Waals surface area contributed by atoms with Crippen molar-refractivity contribution in [3.63, 3.8) is 0 Å². The Morgan fingerprint density at radius 1 is 1.34 bits per heavy atom. The zero-order valence-corrected chi connectivity index (χ0v) is 21.1. The van der Waals surface area contributed by atoms with Gasteiger partial charge in [0.15, 0.2) is 0 Å². The first-order chi connectivity index (χ1) is 15.3. The summed E-state index contributed by atoms with van der Waals surface area (Å²) in [5, 5.41) is 19.3. The molecule has 5 heteroatoms. The van der Waals surface area contributed by atoms with Crippen LogP contribution < -0.4 is 5.73 Å². The van der Waals surface area contributed by atoms with Gasteiger partial charge in [-0.1, -0.05) is 70.7 Å². The Morgan fingerprint density at radius 2 is 2.00 bits per heavy atom. The SMILES string of the molecule is C=C/C=C(\C=C(/CC)N(C)C(CC(O)CO)C(C)N)C(/C=NC)=C1\C=CC=CC1C.CC. The number of hydrogen-bond donors (Lipinski definition) is 3. The van der Waals surface area contributed by atoms with E-state index in [-0.39, 0.29) is 24.6 Å². The normalized spacial score (nSPS) is 21.0. The molecule has 0 aliphatic heterocycles. The van der Waals surface area contributed by atoms with Crippen LogP contribution >= 0.6 is 0 Å². The van der Waals surface area contributed by atoms with Crippen LogP contribution in [0.25, 0.3) is 0 Å². The summed E-state index contributed by atoms with van der Waals surface area (Å²) in [6.07, 6.45) is 16.6. The van der Waals surface area contributed by atoms with Crippen LogP contribution in [-0.2, 0) is 0 Å². The lowest BCUT2D eigenvalue weighted by molar-refractivity contribution is 0.0623. The molecule has 4 atom stereocenters. The summed E-state index contributed by atoms with van der Waals surface area (Å²) in [4.78, 5) is 6.42. The Labute approximate surface area is 196 Å². The van der Waals surface area contributed by atoms with Gasteiger partial charge in [-0.25, -0.2) is 0 Å². The average Bonchev–Trinajstić information content (AvgIpc) is 2.79. The van der Waals surface area contributed by atoms with Crippen molar-refractivity contribution in [2.24, 2.45) is 16.6 Å². The molecule has 180 valence electrons. The molecule has 32 heavy (non-hydrogen) atoms. The molecule has 0 spiro atoms. The molecular weight excluding hydrogens is 398 g/mol. The lowest BCUT2D eigenvalue weighted by Gasteiger charge is -2.35. The fourth-order valence-electron chi connectivity index (χ4n) is 3.69. The van der Waals surface area contributed by atoms with Crippen molar-refractivity contribution in [3.05, 3.63) is 71.5 Å². The molecule has 0 saturated carbocycles. The maximum Gasteiger partial charge on any atom is 0.0791 e. The third-order valence-corrected chi connectivity index (χ3v) is 5.42. The van der Waals surface area contributed by atoms with Crippen molar-refractivity contribution in [1.29, 1.82) is 0 Å². The number of aliphatic imine (C=N–C) groups is 1. The number of hydrogen-bond acceptors (Lipinski definition) is 5. The lowest BCUT2D eigenvalue weighted by atomic mass is 9.88. The van der Waals surface area contributed by atoms with E-state index in [9.17, 15) is 10.2 Å². The van der Waals surface area contributed by atoms with E-state index in [0.717, 1.165) is 23.3 Å². The van der Waals surface area contributed by atoms with Crippen LogP contribution in [0.5, 0.6) is 0 Å². The second-order valence-electron chi connectivity index (χ2n) is 7.75. The summed E-state index contributed by atoms with van der Waals surface area (Å²) < 4.78 is 0. The molecule has 0 radical (unpaired) electrons. The monoisotopic (exact) mass is 443 g/mol.